The van der Waals surface area contributed by atoms with Crippen LogP contribution in [0.2, 0.25) is 0 Å². The van der Waals surface area contributed by atoms with E-state index in [1.165, 1.54) is 44.9 Å². The lowest BCUT2D eigenvalue weighted by Crippen LogP contribution is -2.05. The second-order valence-electron chi connectivity index (χ2n) is 5.41. The molecule has 1 saturated carbocycles. The average Bonchev–Trinajstić information content (AvgIpc) is 2.40. The van der Waals surface area contributed by atoms with Gasteiger partial charge in [-0.15, -0.1) is 0 Å². The molecule has 1 rings (SSSR count). The summed E-state index contributed by atoms with van der Waals surface area (Å²) in [5, 5.41) is 0. The second-order valence-corrected chi connectivity index (χ2v) is 5.41. The van der Waals surface area contributed by atoms with Gasteiger partial charge in [0.2, 0.25) is 0 Å². The van der Waals surface area contributed by atoms with E-state index in [1.807, 2.05) is 0 Å². The topological polar surface area (TPSA) is 26.0 Å². The van der Waals surface area contributed by atoms with E-state index in [1.54, 1.807) is 0 Å². The molecule has 0 saturated heterocycles. The molecule has 1 fully saturated rings. The van der Waals surface area contributed by atoms with Crippen molar-refractivity contribution in [3.8, 4) is 0 Å². The van der Waals surface area contributed by atoms with E-state index in [0.717, 1.165) is 12.5 Å². The van der Waals surface area contributed by atoms with Crippen LogP contribution < -0.4 is 5.73 Å². The van der Waals surface area contributed by atoms with Crippen molar-refractivity contribution >= 4 is 0 Å². The van der Waals surface area contributed by atoms with Gasteiger partial charge in [-0.25, -0.2) is 0 Å². The zero-order valence-electron chi connectivity index (χ0n) is 9.31. The van der Waals surface area contributed by atoms with Crippen molar-refractivity contribution < 1.29 is 0 Å². The van der Waals surface area contributed by atoms with E-state index in [-0.39, 0.29) is 0 Å². The molecule has 0 radical (unpaired) electrons. The van der Waals surface area contributed by atoms with Gasteiger partial charge >= 0.3 is 0 Å². The van der Waals surface area contributed by atoms with Crippen LogP contribution in [0.15, 0.2) is 0 Å². The van der Waals surface area contributed by atoms with Crippen LogP contribution in [0, 0.1) is 11.3 Å². The minimum atomic E-state index is 0.637. The highest BCUT2D eigenvalue weighted by Gasteiger charge is 2.29. The van der Waals surface area contributed by atoms with E-state index in [0.29, 0.717) is 5.41 Å². The first kappa shape index (κ1) is 11.0. The van der Waals surface area contributed by atoms with E-state index >= 15 is 0 Å². The molecule has 0 amide bonds. The Morgan fingerprint density at radius 3 is 2.54 bits per heavy atom. The highest BCUT2D eigenvalue weighted by molar-refractivity contribution is 4.81. The van der Waals surface area contributed by atoms with E-state index in [9.17, 15) is 0 Å². The van der Waals surface area contributed by atoms with Crippen LogP contribution in [0.1, 0.15) is 58.8 Å². The summed E-state index contributed by atoms with van der Waals surface area (Å²) in [5.41, 5.74) is 6.10. The minimum absolute atomic E-state index is 0.637. The molecule has 1 unspecified atom stereocenters. The van der Waals surface area contributed by atoms with Crippen LogP contribution in [0.3, 0.4) is 0 Å². The van der Waals surface area contributed by atoms with Crippen LogP contribution in [0.25, 0.3) is 0 Å². The SMILES string of the molecule is CC1(C)CCC(CCCCCN)C1. The van der Waals surface area contributed by atoms with Gasteiger partial charge in [-0.2, -0.15) is 0 Å². The van der Waals surface area contributed by atoms with Crippen molar-refractivity contribution in [2.24, 2.45) is 17.1 Å². The van der Waals surface area contributed by atoms with Crippen molar-refractivity contribution in [2.45, 2.75) is 58.8 Å². The number of rotatable bonds is 5. The van der Waals surface area contributed by atoms with Gasteiger partial charge in [-0.1, -0.05) is 33.1 Å². The van der Waals surface area contributed by atoms with Crippen LogP contribution >= 0.6 is 0 Å². The van der Waals surface area contributed by atoms with Crippen LogP contribution in [0.4, 0.5) is 0 Å². The number of hydrogen-bond acceptors (Lipinski definition) is 1. The van der Waals surface area contributed by atoms with Crippen LogP contribution in [-0.2, 0) is 0 Å². The summed E-state index contributed by atoms with van der Waals surface area (Å²) in [5.74, 6) is 1.02. The van der Waals surface area contributed by atoms with Crippen molar-refractivity contribution in [3.05, 3.63) is 0 Å². The Morgan fingerprint density at radius 1 is 1.23 bits per heavy atom. The lowest BCUT2D eigenvalue weighted by molar-refractivity contribution is 0.350. The molecule has 0 aromatic carbocycles. The maximum absolute atomic E-state index is 5.47. The molecule has 1 aliphatic rings. The molecule has 1 aliphatic carbocycles. The summed E-state index contributed by atoms with van der Waals surface area (Å²) in [6, 6.07) is 0. The van der Waals surface area contributed by atoms with Gasteiger partial charge in [-0.05, 0) is 43.6 Å². The fraction of sp³-hybridized carbons (Fsp3) is 1.00. The van der Waals surface area contributed by atoms with Crippen molar-refractivity contribution in [2.75, 3.05) is 6.54 Å². The molecule has 0 aromatic rings. The van der Waals surface area contributed by atoms with Gasteiger partial charge in [0, 0.05) is 0 Å². The molecule has 0 bridgehead atoms. The van der Waals surface area contributed by atoms with Crippen molar-refractivity contribution in [1.29, 1.82) is 0 Å². The molecule has 78 valence electrons. The summed E-state index contributed by atoms with van der Waals surface area (Å²) >= 11 is 0. The summed E-state index contributed by atoms with van der Waals surface area (Å²) in [7, 11) is 0. The third kappa shape index (κ3) is 4.12. The molecular formula is C12H25N. The normalized spacial score (nSPS) is 26.5. The molecule has 0 heterocycles. The summed E-state index contributed by atoms with van der Waals surface area (Å²) < 4.78 is 0. The molecular weight excluding hydrogens is 158 g/mol. The smallest absolute Gasteiger partial charge is 0.00773 e. The minimum Gasteiger partial charge on any atom is -0.330 e. The van der Waals surface area contributed by atoms with Gasteiger partial charge in [-0.3, -0.25) is 0 Å². The standard InChI is InChI=1S/C12H25N/c1-12(2)8-7-11(10-12)6-4-3-5-9-13/h11H,3-10,13H2,1-2H3. The number of unbranched alkanes of at least 4 members (excludes halogenated alkanes) is 2. The summed E-state index contributed by atoms with van der Waals surface area (Å²) in [6.45, 7) is 5.69. The maximum Gasteiger partial charge on any atom is -0.00773 e. The van der Waals surface area contributed by atoms with Crippen molar-refractivity contribution in [3.63, 3.8) is 0 Å². The second kappa shape index (κ2) is 4.99. The lowest BCUT2D eigenvalue weighted by Gasteiger charge is -2.16. The van der Waals surface area contributed by atoms with E-state index in [2.05, 4.69) is 13.8 Å². The van der Waals surface area contributed by atoms with Gasteiger partial charge in [0.25, 0.3) is 0 Å². The third-order valence-electron chi connectivity index (χ3n) is 3.39. The Morgan fingerprint density at radius 2 is 2.00 bits per heavy atom. The molecule has 0 aliphatic heterocycles. The van der Waals surface area contributed by atoms with Gasteiger partial charge in [0.05, 0.1) is 0 Å². The zero-order chi connectivity index (χ0) is 9.73. The molecule has 1 nitrogen and oxygen atoms in total. The predicted molar refractivity (Wildman–Crippen MR) is 58.6 cm³/mol. The lowest BCUT2D eigenvalue weighted by atomic mass is 9.89. The van der Waals surface area contributed by atoms with Gasteiger partial charge < -0.3 is 5.73 Å². The first-order chi connectivity index (χ1) is 6.14. The Hall–Kier alpha value is -0.0400. The highest BCUT2D eigenvalue weighted by Crippen LogP contribution is 2.42. The molecule has 0 spiro atoms. The Kier molecular flexibility index (Phi) is 4.24. The van der Waals surface area contributed by atoms with Crippen LogP contribution in [-0.4, -0.2) is 6.54 Å². The first-order valence-electron chi connectivity index (χ1n) is 5.84. The molecule has 13 heavy (non-hydrogen) atoms. The molecule has 0 aromatic heterocycles. The van der Waals surface area contributed by atoms with Gasteiger partial charge in [0.15, 0.2) is 0 Å². The zero-order valence-corrected chi connectivity index (χ0v) is 9.31. The highest BCUT2D eigenvalue weighted by atomic mass is 14.5. The Bertz CT molecular complexity index is 140. The maximum atomic E-state index is 5.47. The molecule has 1 heteroatoms. The molecule has 2 N–H and O–H groups in total. The monoisotopic (exact) mass is 183 g/mol. The van der Waals surface area contributed by atoms with E-state index < -0.39 is 0 Å². The third-order valence-corrected chi connectivity index (χ3v) is 3.39. The number of nitrogens with two attached hydrogens (primary N) is 1. The average molecular weight is 183 g/mol. The quantitative estimate of drug-likeness (QED) is 0.650. The van der Waals surface area contributed by atoms with E-state index in [4.69, 9.17) is 5.73 Å². The molecule has 1 atom stereocenters. The fourth-order valence-electron chi connectivity index (χ4n) is 2.58. The van der Waals surface area contributed by atoms with Crippen molar-refractivity contribution in [1.82, 2.24) is 0 Å². The largest absolute Gasteiger partial charge is 0.330 e. The first-order valence-corrected chi connectivity index (χ1v) is 5.84. The Balaban J connectivity index is 2.04. The van der Waals surface area contributed by atoms with Gasteiger partial charge in [0.1, 0.15) is 0 Å². The fourth-order valence-corrected chi connectivity index (χ4v) is 2.58. The summed E-state index contributed by atoms with van der Waals surface area (Å²) in [6.07, 6.45) is 9.77. The Labute approximate surface area is 83.1 Å². The van der Waals surface area contributed by atoms with Crippen LogP contribution in [0.5, 0.6) is 0 Å². The number of hydrogen-bond donors (Lipinski definition) is 1. The predicted octanol–water partition coefficient (Wildman–Crippen LogP) is 3.33. The summed E-state index contributed by atoms with van der Waals surface area (Å²) in [4.78, 5) is 0.